The molecule has 4 N–H and O–H groups in total. The van der Waals surface area contributed by atoms with E-state index in [1.165, 1.54) is 88.2 Å². The molecule has 31 heavy (non-hydrogen) atoms. The predicted octanol–water partition coefficient (Wildman–Crippen LogP) is 7.66. The molecule has 182 valence electrons. The lowest BCUT2D eigenvalue weighted by Crippen LogP contribution is -1.96. The molecule has 5 heteroatoms. The highest BCUT2D eigenvalue weighted by Crippen LogP contribution is 2.25. The van der Waals surface area contributed by atoms with Gasteiger partial charge in [0, 0.05) is 0 Å². The summed E-state index contributed by atoms with van der Waals surface area (Å²) >= 11 is 0. The van der Waals surface area contributed by atoms with Crippen molar-refractivity contribution in [3.63, 3.8) is 0 Å². The second-order valence-corrected chi connectivity index (χ2v) is 10.1. The molecule has 4 nitrogen and oxygen atoms in total. The summed E-state index contributed by atoms with van der Waals surface area (Å²) in [5.74, 6) is 2.20. The zero-order chi connectivity index (χ0) is 23.5. The Morgan fingerprint density at radius 3 is 1.55 bits per heavy atom. The van der Waals surface area contributed by atoms with Crippen molar-refractivity contribution >= 4 is 8.60 Å². The summed E-state index contributed by atoms with van der Waals surface area (Å²) < 4.78 is 0. The predicted molar refractivity (Wildman–Crippen MR) is 134 cm³/mol. The molecule has 0 heterocycles. The van der Waals surface area contributed by atoms with Crippen molar-refractivity contribution < 1.29 is 19.8 Å². The molecule has 0 aliphatic heterocycles. The molecule has 0 radical (unpaired) electrons. The van der Waals surface area contributed by atoms with Crippen molar-refractivity contribution in [1.29, 1.82) is 0 Å². The van der Waals surface area contributed by atoms with Crippen molar-refractivity contribution in [3.05, 3.63) is 29.3 Å². The third-order valence-electron chi connectivity index (χ3n) is 5.68. The molecule has 0 aliphatic carbocycles. The second kappa shape index (κ2) is 20.0. The van der Waals surface area contributed by atoms with E-state index in [4.69, 9.17) is 14.7 Å². The second-order valence-electron chi connectivity index (χ2n) is 9.58. The van der Waals surface area contributed by atoms with Crippen LogP contribution in [0.5, 0.6) is 5.75 Å². The van der Waals surface area contributed by atoms with E-state index in [9.17, 15) is 5.11 Å². The highest BCUT2D eigenvalue weighted by atomic mass is 31.2. The summed E-state index contributed by atoms with van der Waals surface area (Å²) in [7, 11) is -2.62. The number of aromatic hydroxyl groups is 1. The third kappa shape index (κ3) is 19.7. The van der Waals surface area contributed by atoms with E-state index in [2.05, 4.69) is 33.8 Å². The Balaban J connectivity index is 0.00000206. The number of hydrogen-bond donors (Lipinski definition) is 4. The molecule has 0 fully saturated rings. The molecule has 0 aromatic heterocycles. The van der Waals surface area contributed by atoms with Crippen LogP contribution in [0.15, 0.2) is 18.2 Å². The number of phenolic OH excluding ortho intramolecular Hbond substituents is 1. The molecule has 0 amide bonds. The first kappa shape index (κ1) is 30.3. The maximum absolute atomic E-state index is 10.3. The Morgan fingerprint density at radius 2 is 1.06 bits per heavy atom. The van der Waals surface area contributed by atoms with E-state index < -0.39 is 8.60 Å². The summed E-state index contributed by atoms with van der Waals surface area (Å²) in [5.41, 5.74) is 2.61. The molecule has 1 rings (SSSR count). The lowest BCUT2D eigenvalue weighted by molar-refractivity contribution is 0.368. The first-order valence-electron chi connectivity index (χ1n) is 12.4. The fourth-order valence-electron chi connectivity index (χ4n) is 3.93. The molecular formula is C26H49O4P. The van der Waals surface area contributed by atoms with Crippen LogP contribution in [0.2, 0.25) is 0 Å². The van der Waals surface area contributed by atoms with Gasteiger partial charge in [-0.3, -0.25) is 0 Å². The number of benzene rings is 1. The van der Waals surface area contributed by atoms with Crippen LogP contribution >= 0.6 is 8.60 Å². The van der Waals surface area contributed by atoms with Gasteiger partial charge in [0.2, 0.25) is 0 Å². The van der Waals surface area contributed by atoms with Gasteiger partial charge in [-0.25, -0.2) is 0 Å². The van der Waals surface area contributed by atoms with E-state index in [0.717, 1.165) is 24.7 Å². The minimum atomic E-state index is -2.62. The third-order valence-corrected chi connectivity index (χ3v) is 5.68. The van der Waals surface area contributed by atoms with Crippen LogP contribution in [0.3, 0.4) is 0 Å². The monoisotopic (exact) mass is 456 g/mol. The number of hydrogen-bond acceptors (Lipinski definition) is 4. The van der Waals surface area contributed by atoms with Crippen LogP contribution in [-0.2, 0) is 12.8 Å². The molecule has 0 atom stereocenters. The minimum absolute atomic E-state index is 0.518. The fraction of sp³-hybridized carbons (Fsp3) is 0.769. The first-order valence-corrected chi connectivity index (χ1v) is 13.6. The van der Waals surface area contributed by atoms with E-state index in [0.29, 0.717) is 5.75 Å². The topological polar surface area (TPSA) is 80.9 Å². The Labute approximate surface area is 193 Å². The SMILES string of the molecule is CC(C)CCCCCCCc1cccc(O)c1CCCCCCCC(C)C.OP(O)O. The molecule has 0 aliphatic rings. The Hall–Kier alpha value is -0.670. The standard InChI is InChI=1S/C26H46O.H3O3P/c1-22(2)16-11-7-5-9-13-18-24-19-15-21-26(27)25(24)20-14-10-6-8-12-17-23(3)4;1-4(2)3/h15,19,21-23,27H,5-14,16-18,20H2,1-4H3;1-3H. The molecule has 0 saturated heterocycles. The Bertz CT molecular complexity index is 529. The average Bonchev–Trinajstić information content (AvgIpc) is 2.67. The summed E-state index contributed by atoms with van der Waals surface area (Å²) in [6, 6.07) is 6.12. The molecule has 0 bridgehead atoms. The Morgan fingerprint density at radius 1 is 0.645 bits per heavy atom. The van der Waals surface area contributed by atoms with Crippen LogP contribution in [0.1, 0.15) is 116 Å². The van der Waals surface area contributed by atoms with Gasteiger partial charge in [-0.05, 0) is 54.7 Å². The zero-order valence-electron chi connectivity index (χ0n) is 20.5. The van der Waals surface area contributed by atoms with Crippen molar-refractivity contribution in [2.75, 3.05) is 0 Å². The zero-order valence-corrected chi connectivity index (χ0v) is 21.4. The highest BCUT2D eigenvalue weighted by molar-refractivity contribution is 7.38. The van der Waals surface area contributed by atoms with Crippen molar-refractivity contribution in [1.82, 2.24) is 0 Å². The fourth-order valence-corrected chi connectivity index (χ4v) is 3.93. The van der Waals surface area contributed by atoms with Gasteiger partial charge >= 0.3 is 8.60 Å². The maximum Gasteiger partial charge on any atom is 0.324 e. The van der Waals surface area contributed by atoms with Gasteiger partial charge in [0.25, 0.3) is 0 Å². The van der Waals surface area contributed by atoms with Gasteiger partial charge in [-0.2, -0.15) is 0 Å². The average molecular weight is 457 g/mol. The maximum atomic E-state index is 10.3. The van der Waals surface area contributed by atoms with Gasteiger partial charge in [0.1, 0.15) is 5.75 Å². The number of unbranched alkanes of at least 4 members (excludes halogenated alkanes) is 8. The van der Waals surface area contributed by atoms with Crippen LogP contribution in [0.4, 0.5) is 0 Å². The van der Waals surface area contributed by atoms with E-state index in [1.54, 1.807) is 0 Å². The van der Waals surface area contributed by atoms with Gasteiger partial charge in [0.15, 0.2) is 0 Å². The molecular weight excluding hydrogens is 407 g/mol. The lowest BCUT2D eigenvalue weighted by Gasteiger charge is -2.12. The van der Waals surface area contributed by atoms with Gasteiger partial charge < -0.3 is 19.8 Å². The number of aryl methyl sites for hydroxylation is 1. The lowest BCUT2D eigenvalue weighted by atomic mass is 9.95. The molecule has 0 saturated carbocycles. The van der Waals surface area contributed by atoms with Crippen LogP contribution in [0, 0.1) is 11.8 Å². The van der Waals surface area contributed by atoms with Crippen molar-refractivity contribution in [2.24, 2.45) is 11.8 Å². The number of rotatable bonds is 16. The summed E-state index contributed by atoms with van der Waals surface area (Å²) in [6.07, 6.45) is 18.2. The summed E-state index contributed by atoms with van der Waals surface area (Å²) in [6.45, 7) is 9.25. The van der Waals surface area contributed by atoms with E-state index in [-0.39, 0.29) is 0 Å². The largest absolute Gasteiger partial charge is 0.508 e. The number of phenols is 1. The van der Waals surface area contributed by atoms with Crippen molar-refractivity contribution in [2.45, 2.75) is 118 Å². The quantitative estimate of drug-likeness (QED) is 0.152. The van der Waals surface area contributed by atoms with E-state index in [1.807, 2.05) is 12.1 Å². The molecule has 0 spiro atoms. The van der Waals surface area contributed by atoms with Crippen LogP contribution in [0.25, 0.3) is 0 Å². The van der Waals surface area contributed by atoms with Gasteiger partial charge in [-0.1, -0.05) is 104 Å². The van der Waals surface area contributed by atoms with Gasteiger partial charge in [0.05, 0.1) is 0 Å². The van der Waals surface area contributed by atoms with Crippen LogP contribution in [-0.4, -0.2) is 19.8 Å². The highest BCUT2D eigenvalue weighted by Gasteiger charge is 2.08. The van der Waals surface area contributed by atoms with Crippen LogP contribution < -0.4 is 0 Å². The molecule has 1 aromatic rings. The minimum Gasteiger partial charge on any atom is -0.508 e. The van der Waals surface area contributed by atoms with Gasteiger partial charge in [-0.15, -0.1) is 0 Å². The summed E-state index contributed by atoms with van der Waals surface area (Å²) in [5, 5.41) is 10.3. The molecule has 1 aromatic carbocycles. The summed E-state index contributed by atoms with van der Waals surface area (Å²) in [4.78, 5) is 21.7. The van der Waals surface area contributed by atoms with E-state index >= 15 is 0 Å². The smallest absolute Gasteiger partial charge is 0.324 e. The first-order chi connectivity index (χ1) is 14.7. The Kier molecular flexibility index (Phi) is 19.5. The normalized spacial score (nSPS) is 11.3. The molecule has 0 unspecified atom stereocenters. The van der Waals surface area contributed by atoms with Crippen molar-refractivity contribution in [3.8, 4) is 5.75 Å².